The highest BCUT2D eigenvalue weighted by molar-refractivity contribution is 7.98. The summed E-state index contributed by atoms with van der Waals surface area (Å²) < 4.78 is 21.5. The predicted octanol–water partition coefficient (Wildman–Crippen LogP) is 10.3. The first-order valence-electron chi connectivity index (χ1n) is 19.6. The van der Waals surface area contributed by atoms with Crippen LogP contribution in [0.2, 0.25) is 5.02 Å². The van der Waals surface area contributed by atoms with Crippen LogP contribution in [0, 0.1) is 6.92 Å². The number of nitrogens with zero attached hydrogens (tertiary/aromatic N) is 5. The maximum absolute atomic E-state index is 13.3. The third-order valence-electron chi connectivity index (χ3n) is 10.7. The number of esters is 2. The number of carbonyl (C=O) groups excluding carboxylic acids is 2. The Morgan fingerprint density at radius 2 is 1.65 bits per heavy atom. The lowest BCUT2D eigenvalue weighted by Crippen LogP contribution is -2.11. The molecule has 3 aromatic heterocycles. The van der Waals surface area contributed by atoms with Gasteiger partial charge in [-0.25, -0.2) is 4.79 Å². The van der Waals surface area contributed by atoms with Gasteiger partial charge in [0, 0.05) is 75.0 Å². The van der Waals surface area contributed by atoms with Crippen molar-refractivity contribution in [2.24, 2.45) is 7.05 Å². The number of phenolic OH excluding ortho intramolecular Hbond substituents is 1. The average molecular weight is 867 g/mol. The Balaban J connectivity index is 1.23. The minimum atomic E-state index is -0.507. The molecule has 60 heavy (non-hydrogen) atoms. The van der Waals surface area contributed by atoms with E-state index >= 15 is 0 Å². The molecule has 312 valence electrons. The van der Waals surface area contributed by atoms with Gasteiger partial charge in [-0.15, -0.1) is 23.5 Å². The number of aromatic hydroxyl groups is 1. The van der Waals surface area contributed by atoms with Crippen molar-refractivity contribution in [1.29, 1.82) is 0 Å². The molecule has 0 amide bonds. The van der Waals surface area contributed by atoms with E-state index in [0.29, 0.717) is 40.1 Å². The van der Waals surface area contributed by atoms with Gasteiger partial charge in [-0.2, -0.15) is 10.2 Å². The zero-order valence-corrected chi connectivity index (χ0v) is 37.1. The third-order valence-corrected chi connectivity index (χ3v) is 13.0. The van der Waals surface area contributed by atoms with E-state index < -0.39 is 5.97 Å². The minimum absolute atomic E-state index is 0.0955. The van der Waals surface area contributed by atoms with Crippen LogP contribution in [0.1, 0.15) is 70.7 Å². The average Bonchev–Trinajstić information content (AvgIpc) is 3.89. The zero-order valence-electron chi connectivity index (χ0n) is 34.7. The Labute approximate surface area is 363 Å². The van der Waals surface area contributed by atoms with Crippen molar-refractivity contribution < 1.29 is 28.9 Å². The van der Waals surface area contributed by atoms with E-state index in [-0.39, 0.29) is 30.6 Å². The number of methoxy groups -OCH3 is 3. The Kier molecular flexibility index (Phi) is 13.2. The van der Waals surface area contributed by atoms with Gasteiger partial charge in [0.05, 0.1) is 49.8 Å². The number of hydrogen-bond acceptors (Lipinski definition) is 10. The monoisotopic (exact) mass is 865 g/mol. The standard InChI is InChI=1S/C46H48ClN5O6S2/c1-27(2)52-32(25-60-34-20-30-10-8-9-11-35(30)40(53)22-34)21-31(48-52)24-59-26-39-42(28(3)51(49-39)23-29-12-14-33(56-5)15-13-29)43-38(47)18-16-36-37(17-19-41(54)57-6)45(46(55)58-7)50(4)44(36)43/h8-16,18,20-22,27,53H,17,19,23-26H2,1-7H3. The second-order valence-corrected chi connectivity index (χ2v) is 17.2. The number of carbonyl (C=O) groups is 2. The fraction of sp³-hybridized carbons (Fsp3) is 0.304. The fourth-order valence-corrected chi connectivity index (χ4v) is 9.77. The van der Waals surface area contributed by atoms with E-state index in [1.165, 1.54) is 14.2 Å². The number of rotatable bonds is 16. The van der Waals surface area contributed by atoms with Gasteiger partial charge < -0.3 is 23.9 Å². The summed E-state index contributed by atoms with van der Waals surface area (Å²) in [4.78, 5) is 26.6. The smallest absolute Gasteiger partial charge is 0.354 e. The molecule has 0 unspecified atom stereocenters. The summed E-state index contributed by atoms with van der Waals surface area (Å²) in [7, 11) is 6.17. The summed E-state index contributed by atoms with van der Waals surface area (Å²) >= 11 is 10.6. The largest absolute Gasteiger partial charge is 0.507 e. The maximum atomic E-state index is 13.3. The van der Waals surface area contributed by atoms with Crippen LogP contribution in [0.5, 0.6) is 11.5 Å². The van der Waals surface area contributed by atoms with Crippen molar-refractivity contribution in [2.45, 2.75) is 68.4 Å². The van der Waals surface area contributed by atoms with Gasteiger partial charge in [0.15, 0.2) is 0 Å². The lowest BCUT2D eigenvalue weighted by atomic mass is 9.98. The summed E-state index contributed by atoms with van der Waals surface area (Å²) in [6.07, 6.45) is 0.375. The van der Waals surface area contributed by atoms with Crippen LogP contribution in [0.15, 0.2) is 83.8 Å². The zero-order chi connectivity index (χ0) is 42.7. The second-order valence-electron chi connectivity index (χ2n) is 14.8. The number of fused-ring (bicyclic) bond motifs is 2. The molecule has 7 aromatic rings. The van der Waals surface area contributed by atoms with E-state index in [2.05, 4.69) is 30.7 Å². The van der Waals surface area contributed by atoms with Crippen LogP contribution < -0.4 is 4.74 Å². The molecule has 0 aliphatic carbocycles. The van der Waals surface area contributed by atoms with Gasteiger partial charge in [0.2, 0.25) is 0 Å². The summed E-state index contributed by atoms with van der Waals surface area (Å²) in [5.41, 5.74) is 8.29. The van der Waals surface area contributed by atoms with Crippen LogP contribution in [-0.4, -0.2) is 62.5 Å². The molecule has 0 fully saturated rings. The molecule has 0 saturated heterocycles. The summed E-state index contributed by atoms with van der Waals surface area (Å²) in [6.45, 7) is 6.82. The minimum Gasteiger partial charge on any atom is -0.507 e. The molecule has 0 saturated carbocycles. The van der Waals surface area contributed by atoms with Crippen molar-refractivity contribution in [3.8, 4) is 22.6 Å². The molecule has 1 N–H and O–H groups in total. The number of ether oxygens (including phenoxy) is 3. The van der Waals surface area contributed by atoms with E-state index in [0.717, 1.165) is 71.8 Å². The van der Waals surface area contributed by atoms with Crippen molar-refractivity contribution in [3.05, 3.63) is 123 Å². The molecule has 0 spiro atoms. The second kappa shape index (κ2) is 18.5. The first kappa shape index (κ1) is 42.7. The van der Waals surface area contributed by atoms with E-state index in [9.17, 15) is 14.7 Å². The summed E-state index contributed by atoms with van der Waals surface area (Å²) in [5, 5.41) is 24.1. The lowest BCUT2D eigenvalue weighted by molar-refractivity contribution is -0.140. The fourth-order valence-electron chi connectivity index (χ4n) is 7.74. The van der Waals surface area contributed by atoms with Crippen LogP contribution in [-0.2, 0) is 51.5 Å². The van der Waals surface area contributed by atoms with Crippen molar-refractivity contribution in [2.75, 3.05) is 21.3 Å². The van der Waals surface area contributed by atoms with Gasteiger partial charge in [0.1, 0.15) is 17.2 Å². The number of halogens is 1. The number of hydrogen-bond donors (Lipinski definition) is 1. The SMILES string of the molecule is COC(=O)CCc1c(C(=O)OC)n(C)c2c(-c3c(CSCc4cc(CSc5cc(O)c6ccccc6c5)n(C(C)C)n4)nn(Cc4ccc(OC)cc4)c3C)c(Cl)ccc12. The molecule has 11 nitrogen and oxygen atoms in total. The molecule has 0 aliphatic rings. The lowest BCUT2D eigenvalue weighted by Gasteiger charge is -2.12. The Morgan fingerprint density at radius 3 is 2.37 bits per heavy atom. The van der Waals surface area contributed by atoms with Crippen LogP contribution in [0.25, 0.3) is 32.8 Å². The van der Waals surface area contributed by atoms with Gasteiger partial charge in [-0.1, -0.05) is 54.1 Å². The molecular weight excluding hydrogens is 818 g/mol. The molecule has 3 heterocycles. The van der Waals surface area contributed by atoms with E-state index in [4.69, 9.17) is 36.0 Å². The normalized spacial score (nSPS) is 11.6. The highest BCUT2D eigenvalue weighted by Gasteiger charge is 2.29. The molecule has 0 atom stereocenters. The van der Waals surface area contributed by atoms with Crippen molar-refractivity contribution >= 4 is 68.7 Å². The number of phenols is 1. The molecular formula is C46H48ClN5O6S2. The highest BCUT2D eigenvalue weighted by Crippen LogP contribution is 2.43. The highest BCUT2D eigenvalue weighted by atomic mass is 35.5. The van der Waals surface area contributed by atoms with E-state index in [1.807, 2.05) is 90.0 Å². The van der Waals surface area contributed by atoms with Crippen molar-refractivity contribution in [3.63, 3.8) is 0 Å². The Bertz CT molecular complexity index is 2700. The van der Waals surface area contributed by atoms with Crippen LogP contribution >= 0.6 is 35.1 Å². The predicted molar refractivity (Wildman–Crippen MR) is 240 cm³/mol. The quantitative estimate of drug-likeness (QED) is 0.0742. The molecule has 14 heteroatoms. The molecule has 7 rings (SSSR count). The van der Waals surface area contributed by atoms with E-state index in [1.54, 1.807) is 30.6 Å². The van der Waals surface area contributed by atoms with Crippen LogP contribution in [0.4, 0.5) is 0 Å². The Hall–Kier alpha value is -5.37. The Morgan fingerprint density at radius 1 is 0.883 bits per heavy atom. The molecule has 0 bridgehead atoms. The first-order chi connectivity index (χ1) is 28.9. The first-order valence-corrected chi connectivity index (χ1v) is 22.1. The van der Waals surface area contributed by atoms with Gasteiger partial charge >= 0.3 is 11.9 Å². The molecule has 4 aromatic carbocycles. The van der Waals surface area contributed by atoms with Crippen LogP contribution in [0.3, 0.4) is 0 Å². The number of aromatic nitrogens is 5. The van der Waals surface area contributed by atoms with Gasteiger partial charge in [-0.3, -0.25) is 14.2 Å². The maximum Gasteiger partial charge on any atom is 0.354 e. The van der Waals surface area contributed by atoms with Gasteiger partial charge in [-0.05, 0) is 80.1 Å². The van der Waals surface area contributed by atoms with Crippen molar-refractivity contribution in [1.82, 2.24) is 24.1 Å². The summed E-state index contributed by atoms with van der Waals surface area (Å²) in [6, 6.07) is 25.8. The number of aryl methyl sites for hydroxylation is 2. The molecule has 0 radical (unpaired) electrons. The summed E-state index contributed by atoms with van der Waals surface area (Å²) in [5.74, 6) is 2.06. The van der Waals surface area contributed by atoms with Gasteiger partial charge in [0.25, 0.3) is 0 Å². The topological polar surface area (TPSA) is 123 Å². The molecule has 0 aliphatic heterocycles. The number of benzene rings is 4. The number of thioether (sulfide) groups is 2. The third kappa shape index (κ3) is 8.75.